The van der Waals surface area contributed by atoms with Crippen molar-refractivity contribution >= 4 is 0 Å². The molecule has 1 aliphatic rings. The highest BCUT2D eigenvalue weighted by Gasteiger charge is 2.17. The lowest BCUT2D eigenvalue weighted by molar-refractivity contribution is 0.335. The standard InChI is InChI=1S/C16H26N4/c1-13(2)10-11-20-16(15(12-17)18-19-20)9-8-14-6-4-3-5-7-14/h13-14H,3-11H2,1-2H3. The van der Waals surface area contributed by atoms with Crippen molar-refractivity contribution in [3.05, 3.63) is 11.4 Å². The topological polar surface area (TPSA) is 54.5 Å². The fourth-order valence-electron chi connectivity index (χ4n) is 3.04. The monoisotopic (exact) mass is 274 g/mol. The van der Waals surface area contributed by atoms with Crippen LogP contribution in [0.15, 0.2) is 0 Å². The number of nitriles is 1. The number of nitrogens with zero attached hydrogens (tertiary/aromatic N) is 4. The van der Waals surface area contributed by atoms with Gasteiger partial charge in [-0.1, -0.05) is 51.2 Å². The minimum absolute atomic E-state index is 0.532. The molecule has 1 aromatic heterocycles. The highest BCUT2D eigenvalue weighted by Crippen LogP contribution is 2.27. The Bertz CT molecular complexity index is 450. The molecule has 1 aromatic rings. The molecule has 20 heavy (non-hydrogen) atoms. The molecule has 0 radical (unpaired) electrons. The normalized spacial score (nSPS) is 16.5. The van der Waals surface area contributed by atoms with Crippen molar-refractivity contribution in [3.63, 3.8) is 0 Å². The van der Waals surface area contributed by atoms with E-state index in [-0.39, 0.29) is 0 Å². The zero-order valence-electron chi connectivity index (χ0n) is 12.8. The van der Waals surface area contributed by atoms with E-state index in [4.69, 9.17) is 0 Å². The van der Waals surface area contributed by atoms with Crippen molar-refractivity contribution in [1.82, 2.24) is 15.0 Å². The Morgan fingerprint density at radius 1 is 1.30 bits per heavy atom. The van der Waals surface area contributed by atoms with Crippen LogP contribution in [0.5, 0.6) is 0 Å². The Hall–Kier alpha value is -1.37. The number of rotatable bonds is 6. The van der Waals surface area contributed by atoms with Gasteiger partial charge < -0.3 is 0 Å². The van der Waals surface area contributed by atoms with Gasteiger partial charge in [0.2, 0.25) is 0 Å². The molecule has 0 atom stereocenters. The van der Waals surface area contributed by atoms with Crippen molar-refractivity contribution in [1.29, 1.82) is 5.26 Å². The van der Waals surface area contributed by atoms with Gasteiger partial charge in [-0.05, 0) is 31.1 Å². The molecule has 1 fully saturated rings. The Kier molecular flexibility index (Phi) is 5.58. The molecule has 0 N–H and O–H groups in total. The first kappa shape index (κ1) is 15.0. The second-order valence-corrected chi connectivity index (χ2v) is 6.44. The molecule has 0 bridgehead atoms. The Morgan fingerprint density at radius 2 is 2.05 bits per heavy atom. The van der Waals surface area contributed by atoms with E-state index in [9.17, 15) is 5.26 Å². The van der Waals surface area contributed by atoms with Gasteiger partial charge in [0.05, 0.1) is 5.69 Å². The first-order valence-electron chi connectivity index (χ1n) is 8.03. The van der Waals surface area contributed by atoms with Crippen LogP contribution in [0, 0.1) is 23.2 Å². The lowest BCUT2D eigenvalue weighted by Crippen LogP contribution is -2.12. The molecule has 0 aromatic carbocycles. The highest BCUT2D eigenvalue weighted by atomic mass is 15.4. The Morgan fingerprint density at radius 3 is 2.70 bits per heavy atom. The highest BCUT2D eigenvalue weighted by molar-refractivity contribution is 5.24. The van der Waals surface area contributed by atoms with Gasteiger partial charge in [0.15, 0.2) is 5.69 Å². The smallest absolute Gasteiger partial charge is 0.185 e. The summed E-state index contributed by atoms with van der Waals surface area (Å²) in [5.74, 6) is 1.49. The van der Waals surface area contributed by atoms with Gasteiger partial charge in [-0.2, -0.15) is 5.26 Å². The average molecular weight is 274 g/mol. The van der Waals surface area contributed by atoms with Gasteiger partial charge in [0.25, 0.3) is 0 Å². The fourth-order valence-corrected chi connectivity index (χ4v) is 3.04. The van der Waals surface area contributed by atoms with Gasteiger partial charge in [-0.3, -0.25) is 0 Å². The van der Waals surface area contributed by atoms with Gasteiger partial charge >= 0.3 is 0 Å². The lowest BCUT2D eigenvalue weighted by atomic mass is 9.85. The molecular weight excluding hydrogens is 248 g/mol. The molecule has 1 saturated carbocycles. The van der Waals surface area contributed by atoms with Gasteiger partial charge in [0.1, 0.15) is 6.07 Å². The van der Waals surface area contributed by atoms with E-state index >= 15 is 0 Å². The van der Waals surface area contributed by atoms with E-state index in [0.29, 0.717) is 11.6 Å². The third-order valence-electron chi connectivity index (χ3n) is 4.38. The zero-order valence-corrected chi connectivity index (χ0v) is 12.8. The predicted molar refractivity (Wildman–Crippen MR) is 79.1 cm³/mol. The third kappa shape index (κ3) is 4.06. The molecule has 110 valence electrons. The third-order valence-corrected chi connectivity index (χ3v) is 4.38. The summed E-state index contributed by atoms with van der Waals surface area (Å²) in [7, 11) is 0. The van der Waals surface area contributed by atoms with Crippen LogP contribution < -0.4 is 0 Å². The first-order valence-corrected chi connectivity index (χ1v) is 8.03. The fraction of sp³-hybridized carbons (Fsp3) is 0.812. The summed E-state index contributed by atoms with van der Waals surface area (Å²) in [6, 6.07) is 2.20. The largest absolute Gasteiger partial charge is 0.248 e. The molecule has 0 amide bonds. The van der Waals surface area contributed by atoms with Crippen LogP contribution in [0.4, 0.5) is 0 Å². The molecular formula is C16H26N4. The second kappa shape index (κ2) is 7.42. The average Bonchev–Trinajstić information content (AvgIpc) is 2.86. The van der Waals surface area contributed by atoms with E-state index in [0.717, 1.165) is 31.0 Å². The predicted octanol–water partition coefficient (Wildman–Crippen LogP) is 3.71. The van der Waals surface area contributed by atoms with E-state index in [1.54, 1.807) is 0 Å². The van der Waals surface area contributed by atoms with Crippen molar-refractivity contribution in [2.24, 2.45) is 11.8 Å². The van der Waals surface area contributed by atoms with Crippen molar-refractivity contribution in [3.8, 4) is 6.07 Å². The Balaban J connectivity index is 1.97. The minimum Gasteiger partial charge on any atom is -0.248 e. The van der Waals surface area contributed by atoms with Gasteiger partial charge in [-0.25, -0.2) is 4.68 Å². The number of aromatic nitrogens is 3. The van der Waals surface area contributed by atoms with Crippen molar-refractivity contribution in [2.75, 3.05) is 0 Å². The van der Waals surface area contributed by atoms with Crippen LogP contribution >= 0.6 is 0 Å². The van der Waals surface area contributed by atoms with Crippen LogP contribution in [-0.4, -0.2) is 15.0 Å². The van der Waals surface area contributed by atoms with Crippen LogP contribution in [0.1, 0.15) is 70.2 Å². The summed E-state index contributed by atoms with van der Waals surface area (Å²) in [5, 5.41) is 17.4. The molecule has 0 saturated heterocycles. The SMILES string of the molecule is CC(C)CCn1nnc(C#N)c1CCC1CCCCC1. The van der Waals surface area contributed by atoms with Crippen LogP contribution in [0.2, 0.25) is 0 Å². The Labute approximate surface area is 122 Å². The summed E-state index contributed by atoms with van der Waals surface area (Å²) in [5.41, 5.74) is 1.59. The summed E-state index contributed by atoms with van der Waals surface area (Å²) in [6.45, 7) is 5.31. The van der Waals surface area contributed by atoms with E-state index < -0.39 is 0 Å². The summed E-state index contributed by atoms with van der Waals surface area (Å²) in [6.07, 6.45) is 10.1. The van der Waals surface area contributed by atoms with Crippen LogP contribution in [0.3, 0.4) is 0 Å². The summed E-state index contributed by atoms with van der Waals surface area (Å²) >= 11 is 0. The number of hydrogen-bond donors (Lipinski definition) is 0. The first-order chi connectivity index (χ1) is 9.70. The maximum absolute atomic E-state index is 9.18. The maximum Gasteiger partial charge on any atom is 0.185 e. The number of hydrogen-bond acceptors (Lipinski definition) is 3. The van der Waals surface area contributed by atoms with Crippen molar-refractivity contribution in [2.45, 2.75) is 71.8 Å². The summed E-state index contributed by atoms with van der Waals surface area (Å²) in [4.78, 5) is 0. The summed E-state index contributed by atoms with van der Waals surface area (Å²) < 4.78 is 1.96. The molecule has 0 aliphatic heterocycles. The molecule has 0 spiro atoms. The quantitative estimate of drug-likeness (QED) is 0.794. The van der Waals surface area contributed by atoms with E-state index in [1.807, 2.05) is 4.68 Å². The zero-order chi connectivity index (χ0) is 14.4. The van der Waals surface area contributed by atoms with Crippen LogP contribution in [-0.2, 0) is 13.0 Å². The maximum atomic E-state index is 9.18. The molecule has 1 aliphatic carbocycles. The lowest BCUT2D eigenvalue weighted by Gasteiger charge is -2.21. The van der Waals surface area contributed by atoms with E-state index in [1.165, 1.54) is 38.5 Å². The molecule has 4 nitrogen and oxygen atoms in total. The van der Waals surface area contributed by atoms with E-state index in [2.05, 4.69) is 30.2 Å². The van der Waals surface area contributed by atoms with Crippen LogP contribution in [0.25, 0.3) is 0 Å². The van der Waals surface area contributed by atoms with Gasteiger partial charge in [0, 0.05) is 6.54 Å². The second-order valence-electron chi connectivity index (χ2n) is 6.44. The molecule has 4 heteroatoms. The van der Waals surface area contributed by atoms with Gasteiger partial charge in [-0.15, -0.1) is 5.10 Å². The van der Waals surface area contributed by atoms with Crippen molar-refractivity contribution < 1.29 is 0 Å². The minimum atomic E-state index is 0.532. The molecule has 0 unspecified atom stereocenters. The molecule has 1 heterocycles. The number of aryl methyl sites for hydroxylation is 1. The molecule has 2 rings (SSSR count).